The van der Waals surface area contributed by atoms with Crippen LogP contribution in [0, 0.1) is 6.92 Å². The summed E-state index contributed by atoms with van der Waals surface area (Å²) < 4.78 is 1.77. The zero-order chi connectivity index (χ0) is 30.2. The summed E-state index contributed by atoms with van der Waals surface area (Å²) in [6.07, 6.45) is 7.35. The van der Waals surface area contributed by atoms with Crippen molar-refractivity contribution < 1.29 is 19.5 Å². The third kappa shape index (κ3) is 11.0. The fourth-order valence-corrected chi connectivity index (χ4v) is 4.24. The molecule has 9 nitrogen and oxygen atoms in total. The monoisotopic (exact) mass is 574 g/mol. The third-order valence-electron chi connectivity index (χ3n) is 5.57. The quantitative estimate of drug-likeness (QED) is 0.195. The first kappa shape index (κ1) is 33.0. The molecule has 4 aromatic rings. The van der Waals surface area contributed by atoms with Crippen LogP contribution in [-0.4, -0.2) is 51.3 Å². The van der Waals surface area contributed by atoms with Crippen molar-refractivity contribution in [3.63, 3.8) is 0 Å². The lowest BCUT2D eigenvalue weighted by atomic mass is 10.0. The molecule has 0 unspecified atom stereocenters. The molecular weight excluding hydrogens is 537 g/mol. The molecule has 2 amide bonds. The van der Waals surface area contributed by atoms with Gasteiger partial charge in [0.1, 0.15) is 0 Å². The predicted molar refractivity (Wildman–Crippen MR) is 166 cm³/mol. The molecule has 1 radical (unpaired) electrons. The van der Waals surface area contributed by atoms with Gasteiger partial charge in [-0.2, -0.15) is 0 Å². The van der Waals surface area contributed by atoms with Crippen molar-refractivity contribution in [2.24, 2.45) is 0 Å². The van der Waals surface area contributed by atoms with E-state index in [1.807, 2.05) is 77.6 Å². The van der Waals surface area contributed by atoms with E-state index in [0.717, 1.165) is 40.9 Å². The number of unbranched alkanes of at least 4 members (excludes halogenated alkanes) is 1. The Kier molecular flexibility index (Phi) is 14.0. The van der Waals surface area contributed by atoms with Crippen LogP contribution in [0.1, 0.15) is 56.1 Å². The molecule has 0 aliphatic carbocycles. The molecule has 215 valence electrons. The highest BCUT2D eigenvalue weighted by atomic mass is 32.1. The van der Waals surface area contributed by atoms with Gasteiger partial charge in [0.15, 0.2) is 5.13 Å². The number of rotatable bonds is 10. The standard InChI is InChI=1S/C23H21BN5O2S.C5H10O2.C2H6/c1-15-10-17(6-8-25-15)16-4-3-5-18(11-16)20-14-32-23(27-20)28-21(30)12-26-22(31)19-7-9-29(13-19)24-2;1-2-3-4-5(6)7;1-2/h3-11,13-14H,12H2,1-2H3,(H,26,31)(H,27,28,30);2-4H2,1H3,(H,6,7);1-2H3. The van der Waals surface area contributed by atoms with Crippen molar-refractivity contribution in [3.05, 3.63) is 77.7 Å². The second-order valence-electron chi connectivity index (χ2n) is 8.64. The fourth-order valence-electron chi connectivity index (χ4n) is 3.51. The topological polar surface area (TPSA) is 126 Å². The van der Waals surface area contributed by atoms with Crippen molar-refractivity contribution in [2.75, 3.05) is 11.9 Å². The molecule has 0 saturated carbocycles. The summed E-state index contributed by atoms with van der Waals surface area (Å²) in [5.74, 6) is -1.33. The van der Waals surface area contributed by atoms with Crippen LogP contribution < -0.4 is 10.6 Å². The predicted octanol–water partition coefficient (Wildman–Crippen LogP) is 6.15. The van der Waals surface area contributed by atoms with E-state index < -0.39 is 5.97 Å². The zero-order valence-electron chi connectivity index (χ0n) is 24.2. The van der Waals surface area contributed by atoms with Gasteiger partial charge in [-0.15, -0.1) is 11.3 Å². The lowest BCUT2D eigenvalue weighted by Crippen LogP contribution is -2.32. The first-order chi connectivity index (χ1) is 19.8. The number of anilines is 1. The SMILES string of the molecule is CC.CCCCC(=O)O.C[B]n1ccc(C(=O)NCC(=O)Nc2nc(-c3cccc(-c4ccnc(C)c4)c3)cs2)c1. The van der Waals surface area contributed by atoms with Gasteiger partial charge in [-0.25, -0.2) is 4.98 Å². The molecular formula is C30H37BN5O4S. The smallest absolute Gasteiger partial charge is 0.303 e. The van der Waals surface area contributed by atoms with E-state index >= 15 is 0 Å². The fraction of sp³-hybridized carbons (Fsp3) is 0.300. The van der Waals surface area contributed by atoms with Crippen LogP contribution in [0.3, 0.4) is 0 Å². The summed E-state index contributed by atoms with van der Waals surface area (Å²) in [6, 6.07) is 13.8. The van der Waals surface area contributed by atoms with Crippen molar-refractivity contribution in [2.45, 2.75) is 53.8 Å². The number of pyridine rings is 1. The molecule has 0 aliphatic rings. The van der Waals surface area contributed by atoms with Gasteiger partial charge in [0.05, 0.1) is 17.8 Å². The summed E-state index contributed by atoms with van der Waals surface area (Å²) in [5.41, 5.74) is 5.35. The molecule has 41 heavy (non-hydrogen) atoms. The Morgan fingerprint density at radius 1 is 1.07 bits per heavy atom. The van der Waals surface area contributed by atoms with E-state index in [2.05, 4.69) is 26.7 Å². The average Bonchev–Trinajstić information content (AvgIpc) is 3.66. The third-order valence-corrected chi connectivity index (χ3v) is 6.32. The van der Waals surface area contributed by atoms with E-state index in [1.165, 1.54) is 11.3 Å². The number of carboxylic acids is 1. The van der Waals surface area contributed by atoms with Gasteiger partial charge in [0.2, 0.25) is 13.3 Å². The largest absolute Gasteiger partial charge is 0.481 e. The van der Waals surface area contributed by atoms with Gasteiger partial charge in [0, 0.05) is 35.5 Å². The molecule has 3 N–H and O–H groups in total. The molecule has 0 spiro atoms. The number of amides is 2. The van der Waals surface area contributed by atoms with Crippen LogP contribution in [0.25, 0.3) is 22.4 Å². The lowest BCUT2D eigenvalue weighted by Gasteiger charge is -2.05. The van der Waals surface area contributed by atoms with Gasteiger partial charge >= 0.3 is 5.97 Å². The Bertz CT molecular complexity index is 1420. The number of thiazole rings is 1. The number of hydrogen-bond acceptors (Lipinski definition) is 6. The van der Waals surface area contributed by atoms with Crippen LogP contribution in [-0.2, 0) is 9.59 Å². The van der Waals surface area contributed by atoms with E-state index in [0.29, 0.717) is 17.1 Å². The molecule has 11 heteroatoms. The minimum Gasteiger partial charge on any atom is -0.481 e. The lowest BCUT2D eigenvalue weighted by molar-refractivity contribution is -0.137. The van der Waals surface area contributed by atoms with Crippen molar-refractivity contribution in [1.29, 1.82) is 0 Å². The van der Waals surface area contributed by atoms with Crippen LogP contribution in [0.4, 0.5) is 5.13 Å². The van der Waals surface area contributed by atoms with Crippen LogP contribution in [0.5, 0.6) is 0 Å². The van der Waals surface area contributed by atoms with Crippen LogP contribution >= 0.6 is 11.3 Å². The average molecular weight is 575 g/mol. The molecule has 0 fully saturated rings. The highest BCUT2D eigenvalue weighted by Gasteiger charge is 2.12. The minimum atomic E-state index is -0.693. The van der Waals surface area contributed by atoms with Crippen molar-refractivity contribution in [1.82, 2.24) is 19.8 Å². The van der Waals surface area contributed by atoms with Gasteiger partial charge in [-0.05, 0) is 54.9 Å². The van der Waals surface area contributed by atoms with Gasteiger partial charge in [-0.1, -0.05) is 52.2 Å². The summed E-state index contributed by atoms with van der Waals surface area (Å²) in [5, 5.41) is 15.8. The number of nitrogens with zero attached hydrogens (tertiary/aromatic N) is 3. The van der Waals surface area contributed by atoms with Crippen molar-refractivity contribution >= 4 is 41.7 Å². The van der Waals surface area contributed by atoms with Crippen molar-refractivity contribution in [3.8, 4) is 22.4 Å². The highest BCUT2D eigenvalue weighted by Crippen LogP contribution is 2.29. The minimum absolute atomic E-state index is 0.133. The maximum absolute atomic E-state index is 12.2. The molecule has 4 rings (SSSR count). The number of nitrogens with one attached hydrogen (secondary N) is 2. The molecule has 3 heterocycles. The summed E-state index contributed by atoms with van der Waals surface area (Å²) in [7, 11) is 1.83. The first-order valence-electron chi connectivity index (χ1n) is 13.5. The Morgan fingerprint density at radius 3 is 2.44 bits per heavy atom. The number of aliphatic carboxylic acids is 1. The summed E-state index contributed by atoms with van der Waals surface area (Å²) in [4.78, 5) is 42.9. The maximum atomic E-state index is 12.2. The second-order valence-corrected chi connectivity index (χ2v) is 9.50. The van der Waals surface area contributed by atoms with E-state index in [-0.39, 0.29) is 18.4 Å². The van der Waals surface area contributed by atoms with Gasteiger partial charge < -0.3 is 20.2 Å². The van der Waals surface area contributed by atoms with E-state index in [9.17, 15) is 14.4 Å². The number of aryl methyl sites for hydroxylation is 1. The van der Waals surface area contributed by atoms with Crippen LogP contribution in [0.2, 0.25) is 6.82 Å². The summed E-state index contributed by atoms with van der Waals surface area (Å²) >= 11 is 1.34. The Hall–Kier alpha value is -4.25. The van der Waals surface area contributed by atoms with Gasteiger partial charge in [0.25, 0.3) is 5.91 Å². The maximum Gasteiger partial charge on any atom is 0.303 e. The number of carbonyl (C=O) groups is 3. The highest BCUT2D eigenvalue weighted by molar-refractivity contribution is 7.14. The number of carboxylic acid groups (broad SMARTS) is 1. The zero-order valence-corrected chi connectivity index (χ0v) is 25.0. The second kappa shape index (κ2) is 17.4. The van der Waals surface area contributed by atoms with E-state index in [4.69, 9.17) is 5.11 Å². The molecule has 1 aromatic carbocycles. The van der Waals surface area contributed by atoms with Gasteiger partial charge in [-0.3, -0.25) is 19.4 Å². The number of hydrogen-bond donors (Lipinski definition) is 3. The summed E-state index contributed by atoms with van der Waals surface area (Å²) in [6.45, 7) is 9.67. The normalized spacial score (nSPS) is 9.88. The number of benzene rings is 1. The molecule has 0 atom stereocenters. The molecule has 0 aliphatic heterocycles. The Morgan fingerprint density at radius 2 is 1.80 bits per heavy atom. The number of aromatic nitrogens is 3. The molecule has 3 aromatic heterocycles. The number of carbonyl (C=O) groups excluding carboxylic acids is 2. The molecule has 0 saturated heterocycles. The van der Waals surface area contributed by atoms with Crippen LogP contribution in [0.15, 0.2) is 66.4 Å². The Labute approximate surface area is 246 Å². The molecule has 0 bridgehead atoms. The first-order valence-corrected chi connectivity index (χ1v) is 14.4. The Balaban J connectivity index is 0.000000573. The van der Waals surface area contributed by atoms with E-state index in [1.54, 1.807) is 29.1 Å².